The van der Waals surface area contributed by atoms with Crippen LogP contribution in [0.25, 0.3) is 0 Å². The second kappa shape index (κ2) is 6.28. The van der Waals surface area contributed by atoms with E-state index in [2.05, 4.69) is 35.9 Å². The number of aromatic nitrogens is 1. The molecule has 4 heterocycles. The number of para-hydroxylation sites is 1. The highest BCUT2D eigenvalue weighted by Crippen LogP contribution is 2.52. The van der Waals surface area contributed by atoms with E-state index in [9.17, 15) is 4.39 Å². The number of hydrogen-bond acceptors (Lipinski definition) is 4. The summed E-state index contributed by atoms with van der Waals surface area (Å²) in [5.74, 6) is 0.973. The van der Waals surface area contributed by atoms with Crippen molar-refractivity contribution in [3.8, 4) is 5.75 Å². The number of pyridine rings is 1. The fourth-order valence-corrected chi connectivity index (χ4v) is 5.04. The number of fused-ring (bicyclic) bond motifs is 4. The molecule has 0 saturated carbocycles. The van der Waals surface area contributed by atoms with Crippen LogP contribution in [0.5, 0.6) is 5.75 Å². The average molecular weight is 368 g/mol. The molecular weight excluding hydrogens is 343 g/mol. The van der Waals surface area contributed by atoms with Crippen molar-refractivity contribution in [1.82, 2.24) is 9.88 Å². The Balaban J connectivity index is 1.42. The number of halogens is 1. The molecule has 0 bridgehead atoms. The van der Waals surface area contributed by atoms with Crippen molar-refractivity contribution in [3.05, 3.63) is 59.7 Å². The number of rotatable bonds is 2. The van der Waals surface area contributed by atoms with Crippen molar-refractivity contribution in [1.29, 1.82) is 0 Å². The van der Waals surface area contributed by atoms with Crippen LogP contribution in [0.3, 0.4) is 0 Å². The van der Waals surface area contributed by atoms with Crippen molar-refractivity contribution in [2.45, 2.75) is 57.1 Å². The lowest BCUT2D eigenvalue weighted by Gasteiger charge is -2.50. The lowest BCUT2D eigenvalue weighted by atomic mass is 9.74. The molecule has 3 aliphatic heterocycles. The van der Waals surface area contributed by atoms with E-state index < -0.39 is 0 Å². The molecule has 1 aromatic carbocycles. The zero-order valence-electron chi connectivity index (χ0n) is 15.8. The Morgan fingerprint density at radius 2 is 2.07 bits per heavy atom. The van der Waals surface area contributed by atoms with E-state index in [4.69, 9.17) is 9.47 Å². The van der Waals surface area contributed by atoms with E-state index in [-0.39, 0.29) is 35.6 Å². The molecule has 5 rings (SSSR count). The highest BCUT2D eigenvalue weighted by Gasteiger charge is 2.52. The maximum Gasteiger partial charge on any atom is 0.146 e. The van der Waals surface area contributed by atoms with Gasteiger partial charge in [0, 0.05) is 36.8 Å². The van der Waals surface area contributed by atoms with Gasteiger partial charge in [-0.2, -0.15) is 0 Å². The molecule has 1 aromatic heterocycles. The van der Waals surface area contributed by atoms with Crippen LogP contribution in [-0.4, -0.2) is 34.2 Å². The molecule has 0 aliphatic carbocycles. The Hall–Kier alpha value is -1.98. The topological polar surface area (TPSA) is 34.6 Å². The van der Waals surface area contributed by atoms with Crippen LogP contribution >= 0.6 is 0 Å². The molecule has 0 radical (unpaired) electrons. The number of hydrogen-bond donors (Lipinski definition) is 0. The number of ether oxygens (including phenoxy) is 2. The van der Waals surface area contributed by atoms with Crippen molar-refractivity contribution in [2.75, 3.05) is 6.54 Å². The van der Waals surface area contributed by atoms with Crippen molar-refractivity contribution >= 4 is 0 Å². The Kier molecular flexibility index (Phi) is 3.99. The zero-order valence-corrected chi connectivity index (χ0v) is 15.8. The Morgan fingerprint density at radius 3 is 2.93 bits per heavy atom. The quantitative estimate of drug-likeness (QED) is 0.799. The molecule has 2 saturated heterocycles. The summed E-state index contributed by atoms with van der Waals surface area (Å²) in [6, 6.07) is 11.6. The Labute approximate surface area is 159 Å². The van der Waals surface area contributed by atoms with Gasteiger partial charge >= 0.3 is 0 Å². The molecule has 2 fully saturated rings. The molecule has 2 aromatic rings. The lowest BCUT2D eigenvalue weighted by molar-refractivity contribution is -0.162. The molecule has 4 nitrogen and oxygen atoms in total. The van der Waals surface area contributed by atoms with Crippen LogP contribution in [0, 0.1) is 11.7 Å². The van der Waals surface area contributed by atoms with Crippen LogP contribution < -0.4 is 4.74 Å². The van der Waals surface area contributed by atoms with Crippen LogP contribution in [0.2, 0.25) is 0 Å². The minimum absolute atomic E-state index is 0.0673. The van der Waals surface area contributed by atoms with Gasteiger partial charge in [-0.1, -0.05) is 18.2 Å². The standard InChI is InChI=1S/C22H25FN2O2/c1-22(2)15-12-18-20(26-21(15)14-6-3-4-8-19(14)27-22)9-11-25(18)13-17-16(23)7-5-10-24-17/h3-8,10,15,18,20-21H,9,11-13H2,1-2H3/t15-,18-,20-,21+/m1/s1. The van der Waals surface area contributed by atoms with Crippen LogP contribution in [0.15, 0.2) is 42.6 Å². The first-order valence-electron chi connectivity index (χ1n) is 9.80. The molecule has 0 unspecified atom stereocenters. The summed E-state index contributed by atoms with van der Waals surface area (Å²) in [6.07, 6.45) is 3.88. The van der Waals surface area contributed by atoms with Crippen molar-refractivity contribution in [2.24, 2.45) is 5.92 Å². The second-order valence-corrected chi connectivity index (χ2v) is 8.44. The second-order valence-electron chi connectivity index (χ2n) is 8.44. The molecular formula is C22H25FN2O2. The van der Waals surface area contributed by atoms with E-state index in [1.54, 1.807) is 12.3 Å². The van der Waals surface area contributed by atoms with Gasteiger partial charge < -0.3 is 9.47 Å². The predicted octanol–water partition coefficient (Wildman–Crippen LogP) is 4.11. The summed E-state index contributed by atoms with van der Waals surface area (Å²) in [7, 11) is 0. The van der Waals surface area contributed by atoms with Gasteiger partial charge in [-0.05, 0) is 44.9 Å². The van der Waals surface area contributed by atoms with Gasteiger partial charge in [0.05, 0.1) is 17.9 Å². The Morgan fingerprint density at radius 1 is 1.22 bits per heavy atom. The molecule has 0 spiro atoms. The van der Waals surface area contributed by atoms with Crippen molar-refractivity contribution in [3.63, 3.8) is 0 Å². The van der Waals surface area contributed by atoms with E-state index in [0.717, 1.165) is 30.7 Å². The minimum Gasteiger partial charge on any atom is -0.487 e. The Bertz CT molecular complexity index is 856. The van der Waals surface area contributed by atoms with Gasteiger partial charge in [0.25, 0.3) is 0 Å². The number of benzene rings is 1. The summed E-state index contributed by atoms with van der Waals surface area (Å²) >= 11 is 0. The average Bonchev–Trinajstić information content (AvgIpc) is 3.04. The number of likely N-dealkylation sites (tertiary alicyclic amines) is 1. The molecule has 5 heteroatoms. The molecule has 0 amide bonds. The summed E-state index contributed by atoms with van der Waals surface area (Å²) < 4.78 is 27.1. The van der Waals surface area contributed by atoms with Gasteiger partial charge in [-0.15, -0.1) is 0 Å². The summed E-state index contributed by atoms with van der Waals surface area (Å²) in [5, 5.41) is 0. The molecule has 3 aliphatic rings. The minimum atomic E-state index is -0.297. The van der Waals surface area contributed by atoms with Gasteiger partial charge in [0.15, 0.2) is 0 Å². The first kappa shape index (κ1) is 17.1. The fraction of sp³-hybridized carbons (Fsp3) is 0.500. The SMILES string of the molecule is CC1(C)Oc2ccccc2[C@@H]2O[C@@H]3CCN(Cc4ncccc4F)[C@@H]3C[C@H]21. The van der Waals surface area contributed by atoms with Crippen molar-refractivity contribution < 1.29 is 13.9 Å². The van der Waals surface area contributed by atoms with Crippen LogP contribution in [0.1, 0.15) is 44.1 Å². The summed E-state index contributed by atoms with van der Waals surface area (Å²) in [4.78, 5) is 6.57. The van der Waals surface area contributed by atoms with E-state index >= 15 is 0 Å². The largest absolute Gasteiger partial charge is 0.487 e. The normalized spacial score (nSPS) is 31.5. The molecule has 0 N–H and O–H groups in total. The first-order valence-corrected chi connectivity index (χ1v) is 9.80. The number of nitrogens with zero attached hydrogens (tertiary/aromatic N) is 2. The predicted molar refractivity (Wildman–Crippen MR) is 99.9 cm³/mol. The highest BCUT2D eigenvalue weighted by atomic mass is 19.1. The summed E-state index contributed by atoms with van der Waals surface area (Å²) in [6.45, 7) is 5.75. The monoisotopic (exact) mass is 368 g/mol. The first-order chi connectivity index (χ1) is 13.0. The zero-order chi connectivity index (χ0) is 18.6. The third kappa shape index (κ3) is 2.84. The maximum absolute atomic E-state index is 14.1. The summed E-state index contributed by atoms with van der Waals surface area (Å²) in [5.41, 5.74) is 1.38. The third-order valence-corrected chi connectivity index (χ3v) is 6.46. The maximum atomic E-state index is 14.1. The van der Waals surface area contributed by atoms with Gasteiger partial charge in [0.1, 0.15) is 17.2 Å². The fourth-order valence-electron chi connectivity index (χ4n) is 5.04. The van der Waals surface area contributed by atoms with E-state index in [0.29, 0.717) is 12.2 Å². The van der Waals surface area contributed by atoms with Crippen LogP contribution in [-0.2, 0) is 11.3 Å². The van der Waals surface area contributed by atoms with E-state index in [1.165, 1.54) is 6.07 Å². The lowest BCUT2D eigenvalue weighted by Crippen LogP contribution is -2.53. The smallest absolute Gasteiger partial charge is 0.146 e. The third-order valence-electron chi connectivity index (χ3n) is 6.46. The van der Waals surface area contributed by atoms with Gasteiger partial charge in [0.2, 0.25) is 0 Å². The molecule has 4 atom stereocenters. The van der Waals surface area contributed by atoms with E-state index in [1.807, 2.05) is 12.1 Å². The molecule has 142 valence electrons. The van der Waals surface area contributed by atoms with Gasteiger partial charge in [-0.3, -0.25) is 9.88 Å². The van der Waals surface area contributed by atoms with Crippen LogP contribution in [0.4, 0.5) is 4.39 Å². The molecule has 27 heavy (non-hydrogen) atoms. The van der Waals surface area contributed by atoms with Gasteiger partial charge in [-0.25, -0.2) is 4.39 Å². The highest BCUT2D eigenvalue weighted by molar-refractivity contribution is 5.39.